The van der Waals surface area contributed by atoms with Crippen molar-refractivity contribution in [2.75, 3.05) is 37.8 Å². The number of hydrogen-bond acceptors (Lipinski definition) is 9. The molecule has 4 heterocycles. The summed E-state index contributed by atoms with van der Waals surface area (Å²) in [7, 11) is 1.48. The molecule has 0 saturated carbocycles. The van der Waals surface area contributed by atoms with Crippen LogP contribution < -0.4 is 5.32 Å². The van der Waals surface area contributed by atoms with Gasteiger partial charge in [-0.05, 0) is 61.7 Å². The number of anilines is 2. The van der Waals surface area contributed by atoms with Crippen LogP contribution in [0.4, 0.5) is 11.6 Å². The number of hydrogen-bond donors (Lipinski definition) is 1. The lowest BCUT2D eigenvalue weighted by Gasteiger charge is -2.21. The summed E-state index contributed by atoms with van der Waals surface area (Å²) in [6.07, 6.45) is 9.56. The Balaban J connectivity index is 1.40. The van der Waals surface area contributed by atoms with E-state index in [0.717, 1.165) is 66.7 Å². The number of rotatable bonds is 14. The van der Waals surface area contributed by atoms with Gasteiger partial charge in [-0.3, -0.25) is 13.8 Å². The van der Waals surface area contributed by atoms with Crippen molar-refractivity contribution in [1.82, 2.24) is 34.8 Å². The molecule has 1 atom stereocenters. The van der Waals surface area contributed by atoms with Gasteiger partial charge in [0.2, 0.25) is 0 Å². The fraction of sp³-hybridized carbons (Fsp3) is 0.444. The molecule has 10 nitrogen and oxygen atoms in total. The van der Waals surface area contributed by atoms with Crippen LogP contribution in [0.2, 0.25) is 0 Å². The highest BCUT2D eigenvalue weighted by Gasteiger charge is 2.10. The van der Waals surface area contributed by atoms with E-state index >= 15 is 0 Å². The van der Waals surface area contributed by atoms with Gasteiger partial charge in [0.15, 0.2) is 16.9 Å². The minimum atomic E-state index is -1.22. The van der Waals surface area contributed by atoms with Crippen molar-refractivity contribution in [3.05, 3.63) is 54.6 Å². The smallest absolute Gasteiger partial charge is 0.156 e. The molecule has 0 fully saturated rings. The van der Waals surface area contributed by atoms with Gasteiger partial charge in [-0.2, -0.15) is 10.2 Å². The zero-order chi connectivity index (χ0) is 26.9. The summed E-state index contributed by atoms with van der Waals surface area (Å²) in [5.74, 6) is 2.25. The lowest BCUT2D eigenvalue weighted by Crippen LogP contribution is -2.30. The first-order valence-electron chi connectivity index (χ1n) is 13.0. The first-order valence-corrected chi connectivity index (χ1v) is 14.2. The van der Waals surface area contributed by atoms with Gasteiger partial charge in [-0.15, -0.1) is 5.10 Å². The molecule has 0 aliphatic rings. The topological polar surface area (TPSA) is 111 Å². The maximum absolute atomic E-state index is 11.6. The van der Waals surface area contributed by atoms with Crippen LogP contribution in [0.3, 0.4) is 0 Å². The number of fused-ring (bicyclic) bond motifs is 1. The van der Waals surface area contributed by atoms with Crippen LogP contribution in [0.25, 0.3) is 22.2 Å². The molecule has 0 saturated heterocycles. The van der Waals surface area contributed by atoms with E-state index in [1.165, 1.54) is 7.11 Å². The second-order valence-corrected chi connectivity index (χ2v) is 10.8. The van der Waals surface area contributed by atoms with Crippen molar-refractivity contribution < 1.29 is 8.39 Å². The molecule has 38 heavy (non-hydrogen) atoms. The predicted molar refractivity (Wildman–Crippen MR) is 152 cm³/mol. The lowest BCUT2D eigenvalue weighted by atomic mass is 10.1. The fourth-order valence-corrected chi connectivity index (χ4v) is 4.73. The number of nitrogens with zero attached hydrogens (tertiary/aromatic N) is 7. The van der Waals surface area contributed by atoms with Crippen molar-refractivity contribution in [3.8, 4) is 11.1 Å². The van der Waals surface area contributed by atoms with Crippen molar-refractivity contribution in [1.29, 1.82) is 0 Å². The van der Waals surface area contributed by atoms with Crippen molar-refractivity contribution in [3.63, 3.8) is 0 Å². The van der Waals surface area contributed by atoms with E-state index in [0.29, 0.717) is 23.3 Å². The highest BCUT2D eigenvalue weighted by Crippen LogP contribution is 2.24. The summed E-state index contributed by atoms with van der Waals surface area (Å²) in [5.41, 5.74) is 4.68. The third-order valence-electron chi connectivity index (χ3n) is 6.26. The molecule has 0 aromatic carbocycles. The van der Waals surface area contributed by atoms with E-state index in [-0.39, 0.29) is 0 Å². The van der Waals surface area contributed by atoms with E-state index < -0.39 is 11.1 Å². The Morgan fingerprint density at radius 1 is 1.05 bits per heavy atom. The standard InChI is InChI=1S/C27H36N8O2S/c1-5-9-34(12-13-38(36)37-4)10-6-11-35-19-23(18-30-35)22-14-25-24(28-16-22)7-8-26(31-25)32-27-15-21(20(2)3)17-29-33-27/h7-8,14-20H,5-6,9-13H2,1-4H3,(H,31,32,33). The van der Waals surface area contributed by atoms with Gasteiger partial charge in [0.05, 0.1) is 36.3 Å². The molecule has 1 N–H and O–H groups in total. The van der Waals surface area contributed by atoms with E-state index in [2.05, 4.69) is 51.3 Å². The van der Waals surface area contributed by atoms with E-state index in [9.17, 15) is 4.21 Å². The first kappa shape index (κ1) is 27.7. The quantitative estimate of drug-likeness (QED) is 0.248. The first-order chi connectivity index (χ1) is 18.4. The fourth-order valence-electron chi connectivity index (χ4n) is 4.15. The number of aryl methyl sites for hydroxylation is 1. The van der Waals surface area contributed by atoms with Gasteiger partial charge >= 0.3 is 0 Å². The highest BCUT2D eigenvalue weighted by atomic mass is 32.2. The number of aromatic nitrogens is 6. The molecular weight excluding hydrogens is 500 g/mol. The van der Waals surface area contributed by atoms with E-state index in [1.807, 2.05) is 47.5 Å². The third kappa shape index (κ3) is 7.62. The SMILES string of the molecule is CCCN(CCCn1cc(-c2cnc3ccc(Nc4cc(C(C)C)cnn4)nc3c2)cn1)CCS(=O)OC. The molecule has 0 amide bonds. The largest absolute Gasteiger partial charge is 0.323 e. The van der Waals surface area contributed by atoms with Gasteiger partial charge in [-0.25, -0.2) is 9.19 Å². The van der Waals surface area contributed by atoms with Crippen molar-refractivity contribution in [2.24, 2.45) is 0 Å². The predicted octanol–water partition coefficient (Wildman–Crippen LogP) is 4.56. The molecule has 4 aromatic rings. The van der Waals surface area contributed by atoms with Crippen LogP contribution in [0.15, 0.2) is 49.1 Å². The minimum Gasteiger partial charge on any atom is -0.323 e. The molecule has 4 aromatic heterocycles. The Morgan fingerprint density at radius 2 is 1.92 bits per heavy atom. The van der Waals surface area contributed by atoms with Crippen molar-refractivity contribution in [2.45, 2.75) is 46.1 Å². The average Bonchev–Trinajstić information content (AvgIpc) is 3.40. The molecule has 0 aliphatic heterocycles. The van der Waals surface area contributed by atoms with E-state index in [4.69, 9.17) is 9.17 Å². The molecule has 202 valence electrons. The molecule has 11 heteroatoms. The van der Waals surface area contributed by atoms with E-state index in [1.54, 1.807) is 6.20 Å². The second-order valence-electron chi connectivity index (χ2n) is 9.47. The molecule has 1 unspecified atom stereocenters. The van der Waals surface area contributed by atoms with Crippen LogP contribution in [0, 0.1) is 0 Å². The van der Waals surface area contributed by atoms with Crippen LogP contribution in [0.1, 0.15) is 45.1 Å². The van der Waals surface area contributed by atoms with Crippen LogP contribution >= 0.6 is 0 Å². The van der Waals surface area contributed by atoms with Gasteiger partial charge in [0.1, 0.15) is 5.82 Å². The van der Waals surface area contributed by atoms with Crippen LogP contribution in [-0.4, -0.2) is 71.6 Å². The second kappa shape index (κ2) is 13.5. The highest BCUT2D eigenvalue weighted by molar-refractivity contribution is 7.80. The monoisotopic (exact) mass is 536 g/mol. The zero-order valence-corrected chi connectivity index (χ0v) is 23.3. The van der Waals surface area contributed by atoms with Gasteiger partial charge in [-0.1, -0.05) is 20.8 Å². The Bertz CT molecular complexity index is 1360. The van der Waals surface area contributed by atoms with Gasteiger partial charge in [0.25, 0.3) is 0 Å². The Hall–Kier alpha value is -3.28. The van der Waals surface area contributed by atoms with Gasteiger partial charge in [0, 0.05) is 36.6 Å². The third-order valence-corrected chi connectivity index (χ3v) is 7.15. The molecule has 0 aliphatic carbocycles. The summed E-state index contributed by atoms with van der Waals surface area (Å²) in [6.45, 7) is 9.88. The minimum absolute atomic E-state index is 0.367. The molecular formula is C27H36N8O2S. The Labute approximate surface area is 226 Å². The Kier molecular flexibility index (Phi) is 9.85. The lowest BCUT2D eigenvalue weighted by molar-refractivity contribution is 0.277. The molecule has 0 spiro atoms. The van der Waals surface area contributed by atoms with Crippen molar-refractivity contribution >= 4 is 33.7 Å². The summed E-state index contributed by atoms with van der Waals surface area (Å²) in [5, 5.41) is 16.1. The van der Waals surface area contributed by atoms with Crippen LogP contribution in [0.5, 0.6) is 0 Å². The maximum atomic E-state index is 11.6. The Morgan fingerprint density at radius 3 is 2.71 bits per heavy atom. The number of pyridine rings is 2. The zero-order valence-electron chi connectivity index (χ0n) is 22.5. The number of nitrogens with one attached hydrogen (secondary N) is 1. The van der Waals surface area contributed by atoms with Gasteiger partial charge < -0.3 is 10.2 Å². The normalized spacial score (nSPS) is 12.5. The summed E-state index contributed by atoms with van der Waals surface area (Å²) in [4.78, 5) is 11.7. The van der Waals surface area contributed by atoms with Crippen LogP contribution in [-0.2, 0) is 21.8 Å². The molecule has 4 rings (SSSR count). The molecule has 0 radical (unpaired) electrons. The summed E-state index contributed by atoms with van der Waals surface area (Å²) < 4.78 is 18.4. The summed E-state index contributed by atoms with van der Waals surface area (Å²) in [6, 6.07) is 7.87. The average molecular weight is 537 g/mol. The maximum Gasteiger partial charge on any atom is 0.156 e. The molecule has 0 bridgehead atoms. The summed E-state index contributed by atoms with van der Waals surface area (Å²) >= 11 is -1.22.